The fourth-order valence-electron chi connectivity index (χ4n) is 5.95. The van der Waals surface area contributed by atoms with E-state index in [2.05, 4.69) is 47.2 Å². The van der Waals surface area contributed by atoms with Crippen molar-refractivity contribution in [1.82, 2.24) is 0 Å². The topological polar surface area (TPSA) is 77.4 Å². The Morgan fingerprint density at radius 2 is 1.17 bits per heavy atom. The van der Waals surface area contributed by atoms with Crippen molar-refractivity contribution in [3.8, 4) is 0 Å². The zero-order valence-electron chi connectivity index (χ0n) is 24.3. The standard InChI is InChI=1S/C25H48O6P2.W.Y/c1-14-9-20(23(27)17(14)4)12-28-32(7)30-24-18(5)15(2)10-21(24)13-29-33(8)31-25-19(6)16(3)11-22(25)26;;/h14-27,32-33H,7-13H2,1-6H3;;/i32T,33T;;. The second-order valence-corrected chi connectivity index (χ2v) is 13.5. The minimum atomic E-state index is -3.14. The molecule has 1 radical (unpaired) electrons. The van der Waals surface area contributed by atoms with Gasteiger partial charge in [-0.25, -0.2) is 0 Å². The van der Waals surface area contributed by atoms with Crippen molar-refractivity contribution in [3.05, 3.63) is 0 Å². The van der Waals surface area contributed by atoms with Crippen LogP contribution in [0.3, 0.4) is 0 Å². The van der Waals surface area contributed by atoms with Crippen molar-refractivity contribution in [2.24, 2.45) is 47.3 Å². The molecule has 0 bridgehead atoms. The molecule has 14 unspecified atom stereocenters. The molecule has 0 aromatic heterocycles. The maximum atomic E-state index is 10.5. The molecule has 2 N–H and O–H groups in total. The number of rotatable bonds is 10. The Bertz CT molecular complexity index is 828. The molecule has 14 atom stereocenters. The summed E-state index contributed by atoms with van der Waals surface area (Å²) in [5.41, 5.74) is 0. The third-order valence-electron chi connectivity index (χ3n) is 8.90. The summed E-state index contributed by atoms with van der Waals surface area (Å²) < 4.78 is 41.2. The molecule has 0 aromatic rings. The van der Waals surface area contributed by atoms with E-state index in [1.54, 1.807) is 0 Å². The Labute approximate surface area is 257 Å². The first-order chi connectivity index (χ1) is 16.1. The predicted octanol–water partition coefficient (Wildman–Crippen LogP) is 4.72. The van der Waals surface area contributed by atoms with Crippen LogP contribution in [0.2, 0.25) is 0 Å². The van der Waals surface area contributed by atoms with Crippen LogP contribution in [-0.4, -0.2) is 63.0 Å². The van der Waals surface area contributed by atoms with Gasteiger partial charge in [-0.2, -0.15) is 0 Å². The average molecular weight is 783 g/mol. The van der Waals surface area contributed by atoms with Gasteiger partial charge in [-0.15, -0.1) is 0 Å². The Balaban J connectivity index is 0.00000342. The number of hydrogen-bond acceptors (Lipinski definition) is 6. The van der Waals surface area contributed by atoms with E-state index < -0.39 is 34.2 Å². The van der Waals surface area contributed by atoms with Crippen LogP contribution in [0.15, 0.2) is 0 Å². The van der Waals surface area contributed by atoms with Gasteiger partial charge in [-0.3, -0.25) is 0 Å². The SMILES string of the molecule is [3H]P(=C)(OCC1CC(C)C(C)C1OP([3H])(=C)OCC1CC(C)C(C)C1O)OC1C(O)CC(C)C1C.[W].[Y]. The third kappa shape index (κ3) is 9.08. The van der Waals surface area contributed by atoms with Gasteiger partial charge in [-0.1, -0.05) is 54.1 Å². The smallest absolute Gasteiger partial charge is 0.116 e. The van der Waals surface area contributed by atoms with Crippen molar-refractivity contribution in [1.29, 1.82) is 2.56 Å². The van der Waals surface area contributed by atoms with Crippen LogP contribution in [0.4, 0.5) is 0 Å². The molecule has 0 aliphatic heterocycles. The molecule has 0 heterocycles. The first-order valence-corrected chi connectivity index (χ1v) is 15.4. The first-order valence-electron chi connectivity index (χ1n) is 13.6. The van der Waals surface area contributed by atoms with Gasteiger partial charge in [0.2, 0.25) is 0 Å². The van der Waals surface area contributed by atoms with Crippen LogP contribution >= 0.6 is 15.9 Å². The van der Waals surface area contributed by atoms with Gasteiger partial charge in [-0.05, 0) is 54.8 Å². The molecule has 35 heavy (non-hydrogen) atoms. The van der Waals surface area contributed by atoms with Crippen molar-refractivity contribution in [3.63, 3.8) is 0 Å². The summed E-state index contributed by atoms with van der Waals surface area (Å²) in [5.74, 6) is 1.66. The molecule has 0 amide bonds. The fraction of sp³-hybridized carbons (Fsp3) is 0.920. The quantitative estimate of drug-likeness (QED) is 0.313. The molecule has 3 saturated carbocycles. The molecule has 3 fully saturated rings. The van der Waals surface area contributed by atoms with Crippen LogP contribution in [0.1, 0.15) is 60.8 Å². The second kappa shape index (κ2) is 15.8. The third-order valence-corrected chi connectivity index (χ3v) is 10.7. The van der Waals surface area contributed by atoms with Crippen LogP contribution in [-0.2, 0) is 71.9 Å². The van der Waals surface area contributed by atoms with Crippen LogP contribution in [0.25, 0.3) is 0 Å². The molecule has 203 valence electrons. The zero-order chi connectivity index (χ0) is 26.3. The van der Waals surface area contributed by atoms with E-state index in [4.69, 9.17) is 20.7 Å². The van der Waals surface area contributed by atoms with Crippen molar-refractivity contribution >= 4 is 28.5 Å². The Kier molecular flexibility index (Phi) is 14.3. The summed E-state index contributed by atoms with van der Waals surface area (Å²) in [7, 11) is -6.24. The minimum absolute atomic E-state index is 0. The van der Waals surface area contributed by atoms with E-state index in [-0.39, 0.29) is 103 Å². The summed E-state index contributed by atoms with van der Waals surface area (Å²) in [4.78, 5) is 0. The zero-order valence-corrected chi connectivity index (χ0v) is 29.8. The van der Waals surface area contributed by atoms with Gasteiger partial charge < -0.3 is 28.3 Å². The summed E-state index contributed by atoms with van der Waals surface area (Å²) in [6.07, 6.45) is 8.54. The van der Waals surface area contributed by atoms with Crippen molar-refractivity contribution in [2.75, 3.05) is 13.2 Å². The molecular weight excluding hydrogens is 731 g/mol. The van der Waals surface area contributed by atoms with E-state index in [0.717, 1.165) is 12.8 Å². The first kappa shape index (κ1) is 31.7. The largest absolute Gasteiger partial charge is 0.392 e. The van der Waals surface area contributed by atoms with E-state index in [9.17, 15) is 10.2 Å². The molecule has 3 aliphatic carbocycles. The molecule has 6 nitrogen and oxygen atoms in total. The maximum absolute atomic E-state index is 10.5. The van der Waals surface area contributed by atoms with Crippen molar-refractivity contribution < 1.29 is 82.1 Å². The van der Waals surface area contributed by atoms with E-state index in [1.807, 2.05) is 6.92 Å². The fourth-order valence-corrected chi connectivity index (χ4v) is 8.03. The Hall–Kier alpha value is 2.15. The van der Waals surface area contributed by atoms with Crippen molar-refractivity contribution in [2.45, 2.75) is 85.2 Å². The van der Waals surface area contributed by atoms with E-state index >= 15 is 0 Å². The Morgan fingerprint density at radius 3 is 1.66 bits per heavy atom. The molecule has 10 heteroatoms. The van der Waals surface area contributed by atoms with Gasteiger partial charge in [0, 0.05) is 65.6 Å². The van der Waals surface area contributed by atoms with Crippen LogP contribution in [0, 0.1) is 47.3 Å². The number of aliphatic hydroxyl groups is 2. The average Bonchev–Trinajstić information content (AvgIpc) is 3.27. The molecule has 3 aliphatic rings. The molecule has 0 aromatic carbocycles. The maximum Gasteiger partial charge on any atom is 0.116 e. The monoisotopic (exact) mass is 783 g/mol. The van der Waals surface area contributed by atoms with E-state index in [0.29, 0.717) is 24.2 Å². The molecule has 0 saturated heterocycles. The van der Waals surface area contributed by atoms with Crippen LogP contribution < -0.4 is 0 Å². The summed E-state index contributed by atoms with van der Waals surface area (Å²) in [5, 5.41) is 20.8. The number of hydrogen-bond donors (Lipinski definition) is 2. The Morgan fingerprint density at radius 1 is 0.743 bits per heavy atom. The second-order valence-electron chi connectivity index (χ2n) is 11.2. The van der Waals surface area contributed by atoms with Gasteiger partial charge in [0.25, 0.3) is 0 Å². The van der Waals surface area contributed by atoms with Gasteiger partial charge in [0.1, 0.15) is 18.4 Å². The van der Waals surface area contributed by atoms with Gasteiger partial charge in [0.15, 0.2) is 0 Å². The summed E-state index contributed by atoms with van der Waals surface area (Å²) in [6.45, 7) is 13.1. The summed E-state index contributed by atoms with van der Waals surface area (Å²) in [6, 6.07) is 0. The molecule has 0 spiro atoms. The molecular formula is C25H48O6P2WY. The predicted molar refractivity (Wildman–Crippen MR) is 140 cm³/mol. The van der Waals surface area contributed by atoms with E-state index in [1.165, 1.54) is 0 Å². The normalized spacial score (nSPS) is 47.7. The summed E-state index contributed by atoms with van der Waals surface area (Å²) >= 11 is 0. The van der Waals surface area contributed by atoms with Gasteiger partial charge in [0.05, 0.1) is 37.6 Å². The van der Waals surface area contributed by atoms with Gasteiger partial charge >= 0.3 is 0 Å². The number of aliphatic hydroxyl groups excluding tert-OH is 2. The minimum Gasteiger partial charge on any atom is -0.392 e. The molecule has 3 rings (SSSR count). The van der Waals surface area contributed by atoms with Crippen LogP contribution in [0.5, 0.6) is 0 Å².